The minimum Gasteiger partial charge on any atom is -0.478 e. The van der Waals surface area contributed by atoms with Crippen LogP contribution in [0.4, 0.5) is 11.5 Å². The van der Waals surface area contributed by atoms with Crippen molar-refractivity contribution >= 4 is 27.7 Å². The molecule has 0 unspecified atom stereocenters. The first-order chi connectivity index (χ1) is 14.5. The van der Waals surface area contributed by atoms with Crippen molar-refractivity contribution in [2.45, 2.75) is 39.2 Å². The summed E-state index contributed by atoms with van der Waals surface area (Å²) in [7, 11) is 5.73. The summed E-state index contributed by atoms with van der Waals surface area (Å²) in [6.45, 7) is 6.96. The lowest BCUT2D eigenvalue weighted by Crippen LogP contribution is -2.40. The normalized spacial score (nSPS) is 15.0. The van der Waals surface area contributed by atoms with Gasteiger partial charge in [-0.3, -0.25) is 0 Å². The molecule has 0 aliphatic carbocycles. The summed E-state index contributed by atoms with van der Waals surface area (Å²) in [5, 5.41) is 7.04. The lowest BCUT2D eigenvalue weighted by molar-refractivity contribution is 0.0843. The van der Waals surface area contributed by atoms with E-state index in [4.69, 9.17) is 14.6 Å². The number of rotatable bonds is 7. The summed E-state index contributed by atoms with van der Waals surface area (Å²) in [6, 6.07) is 2.57. The second-order valence-corrected chi connectivity index (χ2v) is 8.84. The van der Waals surface area contributed by atoms with Crippen LogP contribution < -0.4 is 14.5 Å². The van der Waals surface area contributed by atoms with Gasteiger partial charge in [-0.1, -0.05) is 6.92 Å². The van der Waals surface area contributed by atoms with Gasteiger partial charge in [-0.25, -0.2) is 9.50 Å². The summed E-state index contributed by atoms with van der Waals surface area (Å²) >= 11 is 1.72. The molecule has 30 heavy (non-hydrogen) atoms. The Bertz CT molecular complexity index is 1010. The van der Waals surface area contributed by atoms with Gasteiger partial charge in [0, 0.05) is 57.0 Å². The zero-order valence-corrected chi connectivity index (χ0v) is 19.3. The van der Waals surface area contributed by atoms with E-state index in [0.717, 1.165) is 66.6 Å². The molecule has 4 heterocycles. The van der Waals surface area contributed by atoms with Crippen molar-refractivity contribution in [2.24, 2.45) is 0 Å². The first-order valence-corrected chi connectivity index (χ1v) is 11.5. The summed E-state index contributed by atoms with van der Waals surface area (Å²) in [6.07, 6.45) is 5.09. The SMILES string of the molecule is CCCN(c1c(OC)nn2c(-c3cnc(N(C)C)cc3C)csc12)C1CCOCC1. The van der Waals surface area contributed by atoms with Crippen LogP contribution >= 0.6 is 11.3 Å². The Balaban J connectivity index is 1.80. The number of fused-ring (bicyclic) bond motifs is 1. The van der Waals surface area contributed by atoms with Gasteiger partial charge in [-0.2, -0.15) is 0 Å². The number of aromatic nitrogens is 3. The average molecular weight is 430 g/mol. The van der Waals surface area contributed by atoms with Crippen LogP contribution in [0.3, 0.4) is 0 Å². The zero-order valence-electron chi connectivity index (χ0n) is 18.5. The molecule has 0 amide bonds. The highest BCUT2D eigenvalue weighted by atomic mass is 32.1. The first kappa shape index (κ1) is 20.9. The predicted molar refractivity (Wildman–Crippen MR) is 123 cm³/mol. The molecule has 0 N–H and O–H groups in total. The first-order valence-electron chi connectivity index (χ1n) is 10.6. The highest BCUT2D eigenvalue weighted by molar-refractivity contribution is 7.16. The van der Waals surface area contributed by atoms with Gasteiger partial charge >= 0.3 is 0 Å². The summed E-state index contributed by atoms with van der Waals surface area (Å²) in [5.41, 5.74) is 4.44. The van der Waals surface area contributed by atoms with Gasteiger partial charge in [0.05, 0.1) is 12.8 Å². The number of methoxy groups -OCH3 is 1. The number of pyridine rings is 1. The Morgan fingerprint density at radius 1 is 1.30 bits per heavy atom. The Morgan fingerprint density at radius 3 is 2.70 bits per heavy atom. The lowest BCUT2D eigenvalue weighted by atomic mass is 10.1. The number of hydrogen-bond acceptors (Lipinski definition) is 7. The minimum absolute atomic E-state index is 0.453. The predicted octanol–water partition coefficient (Wildman–Crippen LogP) is 4.24. The third kappa shape index (κ3) is 3.74. The molecular formula is C22H31N5O2S. The van der Waals surface area contributed by atoms with Crippen LogP contribution in [-0.2, 0) is 4.74 Å². The molecule has 3 aromatic rings. The molecule has 0 radical (unpaired) electrons. The Labute approximate surface area is 182 Å². The van der Waals surface area contributed by atoms with Gasteiger partial charge < -0.3 is 19.3 Å². The Kier molecular flexibility index (Phi) is 6.15. The topological polar surface area (TPSA) is 55.1 Å². The second-order valence-electron chi connectivity index (χ2n) is 7.98. The van der Waals surface area contributed by atoms with Gasteiger partial charge in [-0.15, -0.1) is 16.4 Å². The van der Waals surface area contributed by atoms with Gasteiger partial charge in [0.2, 0.25) is 0 Å². The number of anilines is 2. The van der Waals surface area contributed by atoms with Crippen LogP contribution in [0.5, 0.6) is 5.88 Å². The number of hydrogen-bond donors (Lipinski definition) is 0. The molecule has 0 spiro atoms. The van der Waals surface area contributed by atoms with E-state index in [9.17, 15) is 0 Å². The van der Waals surface area contributed by atoms with Crippen molar-refractivity contribution in [1.82, 2.24) is 14.6 Å². The molecule has 0 atom stereocenters. The van der Waals surface area contributed by atoms with E-state index in [1.54, 1.807) is 18.4 Å². The van der Waals surface area contributed by atoms with Crippen molar-refractivity contribution in [1.29, 1.82) is 0 Å². The van der Waals surface area contributed by atoms with E-state index in [0.29, 0.717) is 11.9 Å². The van der Waals surface area contributed by atoms with Gasteiger partial charge in [-0.05, 0) is 37.8 Å². The van der Waals surface area contributed by atoms with E-state index in [1.807, 2.05) is 29.7 Å². The molecule has 1 aliphatic heterocycles. The quantitative estimate of drug-likeness (QED) is 0.560. The number of thiazole rings is 1. The van der Waals surface area contributed by atoms with Crippen LogP contribution in [0.1, 0.15) is 31.7 Å². The third-order valence-electron chi connectivity index (χ3n) is 5.71. The summed E-state index contributed by atoms with van der Waals surface area (Å²) < 4.78 is 13.4. The minimum atomic E-state index is 0.453. The maximum absolute atomic E-state index is 5.76. The van der Waals surface area contributed by atoms with Crippen molar-refractivity contribution in [3.05, 3.63) is 23.2 Å². The second kappa shape index (κ2) is 8.81. The molecule has 7 nitrogen and oxygen atoms in total. The van der Waals surface area contributed by atoms with Crippen LogP contribution in [0, 0.1) is 6.92 Å². The maximum Gasteiger partial charge on any atom is 0.258 e. The average Bonchev–Trinajstić information content (AvgIpc) is 3.31. The zero-order chi connectivity index (χ0) is 21.3. The van der Waals surface area contributed by atoms with Crippen molar-refractivity contribution in [3.63, 3.8) is 0 Å². The fourth-order valence-electron chi connectivity index (χ4n) is 4.14. The van der Waals surface area contributed by atoms with Crippen LogP contribution in [-0.4, -0.2) is 61.6 Å². The molecular weight excluding hydrogens is 398 g/mol. The van der Waals surface area contributed by atoms with Crippen LogP contribution in [0.15, 0.2) is 17.6 Å². The standard InChI is InChI=1S/C22H31N5O2S/c1-6-9-26(16-7-10-29-11-8-16)20-21(28-5)24-27-18(14-30-22(20)27)17-13-23-19(25(3)4)12-15(17)2/h12-14,16H,6-11H2,1-5H3. The Hall–Kier alpha value is -2.32. The van der Waals surface area contributed by atoms with E-state index in [-0.39, 0.29) is 0 Å². The number of nitrogens with zero attached hydrogens (tertiary/aromatic N) is 5. The highest BCUT2D eigenvalue weighted by Gasteiger charge is 2.29. The third-order valence-corrected chi connectivity index (χ3v) is 6.64. The molecule has 0 bridgehead atoms. The summed E-state index contributed by atoms with van der Waals surface area (Å²) in [5.74, 6) is 1.65. The van der Waals surface area contributed by atoms with E-state index < -0.39 is 0 Å². The summed E-state index contributed by atoms with van der Waals surface area (Å²) in [4.78, 5) is 10.3. The van der Waals surface area contributed by atoms with Gasteiger partial charge in [0.1, 0.15) is 16.3 Å². The molecule has 8 heteroatoms. The molecule has 162 valence electrons. The fourth-order valence-corrected chi connectivity index (χ4v) is 5.14. The monoisotopic (exact) mass is 429 g/mol. The molecule has 0 aromatic carbocycles. The van der Waals surface area contributed by atoms with Crippen molar-refractivity contribution in [3.8, 4) is 17.1 Å². The molecule has 1 aliphatic rings. The Morgan fingerprint density at radius 2 is 2.07 bits per heavy atom. The molecule has 3 aromatic heterocycles. The van der Waals surface area contributed by atoms with Crippen LogP contribution in [0.25, 0.3) is 16.1 Å². The maximum atomic E-state index is 5.76. The van der Waals surface area contributed by atoms with Crippen LogP contribution in [0.2, 0.25) is 0 Å². The van der Waals surface area contributed by atoms with E-state index in [2.05, 4.69) is 35.2 Å². The van der Waals surface area contributed by atoms with Gasteiger partial charge in [0.15, 0.2) is 0 Å². The highest BCUT2D eigenvalue weighted by Crippen LogP contribution is 2.41. The van der Waals surface area contributed by atoms with Crippen molar-refractivity contribution in [2.75, 3.05) is 50.8 Å². The molecule has 0 saturated carbocycles. The largest absolute Gasteiger partial charge is 0.478 e. The van der Waals surface area contributed by atoms with E-state index >= 15 is 0 Å². The van der Waals surface area contributed by atoms with Crippen molar-refractivity contribution < 1.29 is 9.47 Å². The smallest absolute Gasteiger partial charge is 0.258 e. The number of aryl methyl sites for hydroxylation is 1. The molecule has 4 rings (SSSR count). The lowest BCUT2D eigenvalue weighted by Gasteiger charge is -2.35. The molecule has 1 saturated heterocycles. The van der Waals surface area contributed by atoms with Gasteiger partial charge in [0.25, 0.3) is 5.88 Å². The molecule has 1 fully saturated rings. The fraction of sp³-hybridized carbons (Fsp3) is 0.545. The van der Waals surface area contributed by atoms with E-state index in [1.165, 1.54) is 5.56 Å². The number of ether oxygens (including phenoxy) is 2.